The van der Waals surface area contributed by atoms with Gasteiger partial charge in [-0.3, -0.25) is 4.79 Å². The second kappa shape index (κ2) is 14.6. The highest BCUT2D eigenvalue weighted by Gasteiger charge is 2.08. The average Bonchev–Trinajstić information content (AvgIpc) is 2.66. The maximum Gasteiger partial charge on any atom is 0.310 e. The molecule has 0 saturated heterocycles. The van der Waals surface area contributed by atoms with Gasteiger partial charge in [-0.2, -0.15) is 0 Å². The van der Waals surface area contributed by atoms with Crippen molar-refractivity contribution >= 4 is 11.7 Å². The van der Waals surface area contributed by atoms with Crippen molar-refractivity contribution in [1.82, 2.24) is 0 Å². The van der Waals surface area contributed by atoms with Crippen molar-refractivity contribution in [3.05, 3.63) is 29.8 Å². The van der Waals surface area contributed by atoms with Gasteiger partial charge in [-0.1, -0.05) is 64.0 Å². The Labute approximate surface area is 157 Å². The number of hydrogen-bond acceptors (Lipinski definition) is 5. The zero-order chi connectivity index (χ0) is 19.0. The van der Waals surface area contributed by atoms with Gasteiger partial charge in [0.1, 0.15) is 12.7 Å². The Hall–Kier alpha value is -1.59. The minimum atomic E-state index is -1.01. The van der Waals surface area contributed by atoms with Crippen LogP contribution in [-0.4, -0.2) is 42.0 Å². The number of aliphatic hydroxyl groups excluding tert-OH is 2. The Bertz CT molecular complexity index is 475. The number of nitrogens with one attached hydrogen (secondary N) is 1. The summed E-state index contributed by atoms with van der Waals surface area (Å²) in [5.74, 6) is -0.405. The summed E-state index contributed by atoms with van der Waals surface area (Å²) >= 11 is 0. The number of aliphatic hydroxyl groups is 2. The number of hydrogen-bond donors (Lipinski definition) is 3. The van der Waals surface area contributed by atoms with Crippen LogP contribution in [0, 0.1) is 0 Å². The molecule has 0 bridgehead atoms. The first-order chi connectivity index (χ1) is 12.7. The van der Waals surface area contributed by atoms with E-state index in [9.17, 15) is 4.79 Å². The number of ether oxygens (including phenoxy) is 1. The first-order valence-corrected chi connectivity index (χ1v) is 9.93. The van der Waals surface area contributed by atoms with E-state index in [0.29, 0.717) is 0 Å². The smallest absolute Gasteiger partial charge is 0.310 e. The number of rotatable bonds is 15. The molecule has 1 aromatic carbocycles. The summed E-state index contributed by atoms with van der Waals surface area (Å²) in [6.45, 7) is 2.63. The van der Waals surface area contributed by atoms with Crippen molar-refractivity contribution in [2.75, 3.05) is 25.1 Å². The van der Waals surface area contributed by atoms with Gasteiger partial charge in [-0.05, 0) is 24.1 Å². The van der Waals surface area contributed by atoms with Crippen molar-refractivity contribution in [3.63, 3.8) is 0 Å². The normalized spacial score (nSPS) is 12.0. The van der Waals surface area contributed by atoms with Crippen LogP contribution in [0.5, 0.6) is 0 Å². The van der Waals surface area contributed by atoms with E-state index in [4.69, 9.17) is 14.9 Å². The fraction of sp³-hybridized carbons (Fsp3) is 0.667. The van der Waals surface area contributed by atoms with Gasteiger partial charge in [0.05, 0.1) is 13.0 Å². The predicted molar refractivity (Wildman–Crippen MR) is 105 cm³/mol. The summed E-state index contributed by atoms with van der Waals surface area (Å²) in [7, 11) is 0. The van der Waals surface area contributed by atoms with Gasteiger partial charge in [0.25, 0.3) is 0 Å². The monoisotopic (exact) mass is 365 g/mol. The second-order valence-corrected chi connectivity index (χ2v) is 6.79. The lowest BCUT2D eigenvalue weighted by molar-refractivity contribution is -0.146. The highest BCUT2D eigenvalue weighted by atomic mass is 16.5. The van der Waals surface area contributed by atoms with Crippen LogP contribution in [0.15, 0.2) is 24.3 Å². The van der Waals surface area contributed by atoms with E-state index in [2.05, 4.69) is 12.2 Å². The lowest BCUT2D eigenvalue weighted by Gasteiger charge is -2.09. The molecule has 0 spiro atoms. The third-order valence-electron chi connectivity index (χ3n) is 4.31. The molecule has 0 aromatic heterocycles. The Balaban J connectivity index is 2.12. The van der Waals surface area contributed by atoms with Gasteiger partial charge in [0, 0.05) is 12.2 Å². The maximum atomic E-state index is 11.6. The molecular weight excluding hydrogens is 330 g/mol. The lowest BCUT2D eigenvalue weighted by Crippen LogP contribution is -2.22. The van der Waals surface area contributed by atoms with Crippen molar-refractivity contribution in [2.45, 2.75) is 70.8 Å². The topological polar surface area (TPSA) is 78.8 Å². The molecule has 0 aliphatic carbocycles. The number of benzene rings is 1. The molecule has 5 nitrogen and oxygen atoms in total. The van der Waals surface area contributed by atoms with Gasteiger partial charge in [-0.25, -0.2) is 0 Å². The fourth-order valence-electron chi connectivity index (χ4n) is 2.69. The Kier molecular flexibility index (Phi) is 12.6. The van der Waals surface area contributed by atoms with E-state index in [1.165, 1.54) is 51.4 Å². The molecule has 148 valence electrons. The number of carbonyl (C=O) groups excluding carboxylic acids is 1. The van der Waals surface area contributed by atoms with Crippen LogP contribution in [0.4, 0.5) is 5.69 Å². The van der Waals surface area contributed by atoms with Gasteiger partial charge in [-0.15, -0.1) is 0 Å². The first-order valence-electron chi connectivity index (χ1n) is 9.93. The molecule has 0 heterocycles. The van der Waals surface area contributed by atoms with E-state index in [0.717, 1.165) is 17.8 Å². The van der Waals surface area contributed by atoms with E-state index in [1.54, 1.807) is 0 Å². The van der Waals surface area contributed by atoms with Crippen LogP contribution >= 0.6 is 0 Å². The number of esters is 1. The minimum absolute atomic E-state index is 0.163. The zero-order valence-electron chi connectivity index (χ0n) is 16.1. The quantitative estimate of drug-likeness (QED) is 0.326. The summed E-state index contributed by atoms with van der Waals surface area (Å²) in [5.41, 5.74) is 1.92. The highest BCUT2D eigenvalue weighted by Crippen LogP contribution is 2.12. The van der Waals surface area contributed by atoms with E-state index >= 15 is 0 Å². The third-order valence-corrected chi connectivity index (χ3v) is 4.31. The molecule has 0 radical (unpaired) electrons. The molecule has 0 aliphatic rings. The van der Waals surface area contributed by atoms with Crippen molar-refractivity contribution in [1.29, 1.82) is 0 Å². The maximum absolute atomic E-state index is 11.6. The number of unbranched alkanes of at least 4 members (excludes halogenated alkanes) is 7. The SMILES string of the molecule is CCCCCCCCCCNc1ccc(CC(=O)OCC(O)CO)cc1. The molecule has 26 heavy (non-hydrogen) atoms. The van der Waals surface area contributed by atoms with Crippen molar-refractivity contribution < 1.29 is 19.7 Å². The molecule has 3 N–H and O–H groups in total. The third kappa shape index (κ3) is 11.1. The molecule has 0 aliphatic heterocycles. The Morgan fingerprint density at radius 3 is 2.27 bits per heavy atom. The van der Waals surface area contributed by atoms with Crippen LogP contribution in [0.25, 0.3) is 0 Å². The minimum Gasteiger partial charge on any atom is -0.463 e. The van der Waals surface area contributed by atoms with Gasteiger partial charge >= 0.3 is 5.97 Å². The molecule has 0 amide bonds. The molecule has 0 fully saturated rings. The molecular formula is C21H35NO4. The Morgan fingerprint density at radius 1 is 1.04 bits per heavy atom. The lowest BCUT2D eigenvalue weighted by atomic mass is 10.1. The summed E-state index contributed by atoms with van der Waals surface area (Å²) in [4.78, 5) is 11.6. The van der Waals surface area contributed by atoms with Crippen molar-refractivity contribution in [2.24, 2.45) is 0 Å². The van der Waals surface area contributed by atoms with E-state index < -0.39 is 18.7 Å². The van der Waals surface area contributed by atoms with E-state index in [1.807, 2.05) is 24.3 Å². The second-order valence-electron chi connectivity index (χ2n) is 6.79. The molecule has 1 unspecified atom stereocenters. The summed E-state index contributed by atoms with van der Waals surface area (Å²) < 4.78 is 4.90. The Morgan fingerprint density at radius 2 is 1.65 bits per heavy atom. The highest BCUT2D eigenvalue weighted by molar-refractivity contribution is 5.72. The standard InChI is InChI=1S/C21H35NO4/c1-2-3-4-5-6-7-8-9-14-22-19-12-10-18(11-13-19)15-21(25)26-17-20(24)16-23/h10-13,20,22-24H,2-9,14-17H2,1H3. The summed E-state index contributed by atoms with van der Waals surface area (Å²) in [5, 5.41) is 21.2. The van der Waals surface area contributed by atoms with Crippen LogP contribution < -0.4 is 5.32 Å². The molecule has 1 atom stereocenters. The summed E-state index contributed by atoms with van der Waals surface area (Å²) in [6.07, 6.45) is 9.66. The number of anilines is 1. The fourth-order valence-corrected chi connectivity index (χ4v) is 2.69. The molecule has 1 aromatic rings. The first kappa shape index (κ1) is 22.5. The molecule has 5 heteroatoms. The van der Waals surface area contributed by atoms with Gasteiger partial charge in [0.15, 0.2) is 0 Å². The predicted octanol–water partition coefficient (Wildman–Crippen LogP) is 3.68. The van der Waals surface area contributed by atoms with Crippen LogP contribution in [0.1, 0.15) is 63.9 Å². The van der Waals surface area contributed by atoms with Gasteiger partial charge in [0.2, 0.25) is 0 Å². The molecule has 0 saturated carbocycles. The van der Waals surface area contributed by atoms with Crippen LogP contribution in [0.3, 0.4) is 0 Å². The van der Waals surface area contributed by atoms with E-state index in [-0.39, 0.29) is 13.0 Å². The zero-order valence-corrected chi connectivity index (χ0v) is 16.1. The number of carbonyl (C=O) groups is 1. The van der Waals surface area contributed by atoms with Crippen molar-refractivity contribution in [3.8, 4) is 0 Å². The van der Waals surface area contributed by atoms with Gasteiger partial charge < -0.3 is 20.3 Å². The van der Waals surface area contributed by atoms with Crippen LogP contribution in [-0.2, 0) is 16.0 Å². The van der Waals surface area contributed by atoms with Crippen LogP contribution in [0.2, 0.25) is 0 Å². The largest absolute Gasteiger partial charge is 0.463 e. The molecule has 1 rings (SSSR count). The average molecular weight is 366 g/mol. The summed E-state index contributed by atoms with van der Waals surface area (Å²) in [6, 6.07) is 7.74.